The van der Waals surface area contributed by atoms with E-state index >= 15 is 0 Å². The molecule has 0 heterocycles. The molecule has 0 aromatic heterocycles. The number of carbonyl (C=O) groups is 4. The van der Waals surface area contributed by atoms with Gasteiger partial charge in [0.15, 0.2) is 12.2 Å². The Morgan fingerprint density at radius 2 is 0.573 bits per heavy atom. The van der Waals surface area contributed by atoms with Crippen molar-refractivity contribution in [1.82, 2.24) is 0 Å². The average Bonchev–Trinajstić information content (AvgIpc) is 3.69. The van der Waals surface area contributed by atoms with E-state index in [0.717, 1.165) is 108 Å². The summed E-state index contributed by atoms with van der Waals surface area (Å²) in [7, 11) is -9.90. The van der Waals surface area contributed by atoms with E-state index in [2.05, 4.69) is 48.5 Å². The molecule has 3 unspecified atom stereocenters. The van der Waals surface area contributed by atoms with Crippen LogP contribution in [-0.2, 0) is 65.4 Å². The number of rotatable bonds is 68. The monoisotopic (exact) mass is 1310 g/mol. The highest BCUT2D eigenvalue weighted by Gasteiger charge is 2.30. The average molecular weight is 1310 g/mol. The van der Waals surface area contributed by atoms with Gasteiger partial charge in [-0.25, -0.2) is 9.13 Å². The number of aliphatic hydroxyl groups excluding tert-OH is 1. The largest absolute Gasteiger partial charge is 0.472 e. The van der Waals surface area contributed by atoms with Gasteiger partial charge in [0.25, 0.3) is 0 Å². The van der Waals surface area contributed by atoms with Gasteiger partial charge < -0.3 is 33.8 Å². The second-order valence-electron chi connectivity index (χ2n) is 26.5. The molecular weight excluding hydrogens is 1170 g/mol. The number of carbonyl (C=O) groups excluding carboxylic acids is 4. The molecule has 3 N–H and O–H groups in total. The highest BCUT2D eigenvalue weighted by molar-refractivity contribution is 7.47. The van der Waals surface area contributed by atoms with Crippen molar-refractivity contribution in [2.75, 3.05) is 39.6 Å². The van der Waals surface area contributed by atoms with Crippen molar-refractivity contribution in [3.63, 3.8) is 0 Å². The smallest absolute Gasteiger partial charge is 0.462 e. The van der Waals surface area contributed by atoms with Crippen LogP contribution in [0.5, 0.6) is 0 Å². The fraction of sp³-hybridized carbons (Fsp3) is 0.943. The van der Waals surface area contributed by atoms with Gasteiger partial charge in [-0.15, -0.1) is 0 Å². The van der Waals surface area contributed by atoms with Crippen LogP contribution in [0.15, 0.2) is 0 Å². The van der Waals surface area contributed by atoms with E-state index in [1.807, 2.05) is 0 Å². The number of ether oxygens (including phenoxy) is 4. The Balaban J connectivity index is 5.27. The second kappa shape index (κ2) is 61.0. The Bertz CT molecular complexity index is 1750. The van der Waals surface area contributed by atoms with Crippen molar-refractivity contribution in [1.29, 1.82) is 0 Å². The minimum atomic E-state index is -4.95. The van der Waals surface area contributed by atoms with E-state index in [1.54, 1.807) is 0 Å². The van der Waals surface area contributed by atoms with Crippen LogP contribution in [0.1, 0.15) is 350 Å². The predicted molar refractivity (Wildman–Crippen MR) is 358 cm³/mol. The van der Waals surface area contributed by atoms with Crippen LogP contribution < -0.4 is 0 Å². The predicted octanol–water partition coefficient (Wildman–Crippen LogP) is 19.8. The lowest BCUT2D eigenvalue weighted by Gasteiger charge is -2.21. The fourth-order valence-electron chi connectivity index (χ4n) is 10.5. The van der Waals surface area contributed by atoms with E-state index in [0.29, 0.717) is 25.7 Å². The lowest BCUT2D eigenvalue weighted by Crippen LogP contribution is -2.30. The number of unbranched alkanes of at least 4 members (excludes halogenated alkanes) is 35. The Labute approximate surface area is 543 Å². The zero-order chi connectivity index (χ0) is 65.9. The number of esters is 4. The molecule has 0 bridgehead atoms. The van der Waals surface area contributed by atoms with Gasteiger partial charge in [0.1, 0.15) is 19.3 Å². The van der Waals surface area contributed by atoms with Crippen molar-refractivity contribution in [3.05, 3.63) is 0 Å². The third-order valence-corrected chi connectivity index (χ3v) is 18.4. The molecular formula is C70H136O17P2. The van der Waals surface area contributed by atoms with E-state index in [-0.39, 0.29) is 25.7 Å². The van der Waals surface area contributed by atoms with E-state index in [9.17, 15) is 43.2 Å². The highest BCUT2D eigenvalue weighted by Crippen LogP contribution is 2.45. The first-order chi connectivity index (χ1) is 42.8. The first-order valence-electron chi connectivity index (χ1n) is 36.4. The van der Waals surface area contributed by atoms with Crippen molar-refractivity contribution in [2.24, 2.45) is 17.8 Å². The van der Waals surface area contributed by atoms with Gasteiger partial charge in [0.05, 0.1) is 26.4 Å². The molecule has 0 aromatic rings. The van der Waals surface area contributed by atoms with Crippen LogP contribution in [0, 0.1) is 17.8 Å². The molecule has 0 aliphatic heterocycles. The minimum absolute atomic E-state index is 0.105. The first-order valence-corrected chi connectivity index (χ1v) is 39.4. The van der Waals surface area contributed by atoms with Gasteiger partial charge in [-0.3, -0.25) is 37.3 Å². The van der Waals surface area contributed by atoms with Gasteiger partial charge in [0, 0.05) is 25.7 Å². The molecule has 89 heavy (non-hydrogen) atoms. The molecule has 0 aliphatic rings. The van der Waals surface area contributed by atoms with Crippen molar-refractivity contribution in [2.45, 2.75) is 369 Å². The lowest BCUT2D eigenvalue weighted by atomic mass is 9.99. The van der Waals surface area contributed by atoms with E-state index in [1.165, 1.54) is 161 Å². The molecule has 6 atom stereocenters. The maximum atomic E-state index is 13.0. The number of phosphoric acid groups is 2. The molecule has 0 amide bonds. The van der Waals surface area contributed by atoms with Crippen LogP contribution in [0.3, 0.4) is 0 Å². The molecule has 0 rings (SSSR count). The summed E-state index contributed by atoms with van der Waals surface area (Å²) in [6.07, 6.45) is 44.3. The Morgan fingerprint density at radius 1 is 0.326 bits per heavy atom. The first kappa shape index (κ1) is 87.1. The molecule has 19 heteroatoms. The van der Waals surface area contributed by atoms with Crippen molar-refractivity contribution < 1.29 is 80.2 Å². The zero-order valence-corrected chi connectivity index (χ0v) is 59.7. The number of phosphoric ester groups is 2. The summed E-state index contributed by atoms with van der Waals surface area (Å²) in [6, 6.07) is 0. The van der Waals surface area contributed by atoms with Crippen LogP contribution >= 0.6 is 15.6 Å². The molecule has 0 radical (unpaired) electrons. The zero-order valence-electron chi connectivity index (χ0n) is 57.9. The summed E-state index contributed by atoms with van der Waals surface area (Å²) in [4.78, 5) is 72.6. The lowest BCUT2D eigenvalue weighted by molar-refractivity contribution is -0.161. The molecule has 0 aliphatic carbocycles. The summed E-state index contributed by atoms with van der Waals surface area (Å²) in [5, 5.41) is 10.6. The molecule has 17 nitrogen and oxygen atoms in total. The normalized spacial score (nSPS) is 14.5. The van der Waals surface area contributed by atoms with Crippen LogP contribution in [0.2, 0.25) is 0 Å². The summed E-state index contributed by atoms with van der Waals surface area (Å²) >= 11 is 0. The summed E-state index contributed by atoms with van der Waals surface area (Å²) in [5.41, 5.74) is 0. The molecule has 0 spiro atoms. The summed E-state index contributed by atoms with van der Waals surface area (Å²) in [5.74, 6) is 0.153. The topological polar surface area (TPSA) is 237 Å². The second-order valence-corrected chi connectivity index (χ2v) is 29.4. The van der Waals surface area contributed by atoms with Gasteiger partial charge in [0.2, 0.25) is 0 Å². The number of aliphatic hydroxyl groups is 1. The van der Waals surface area contributed by atoms with E-state index < -0.39 is 97.5 Å². The quantitative estimate of drug-likeness (QED) is 0.0222. The molecule has 0 saturated carbocycles. The van der Waals surface area contributed by atoms with Crippen LogP contribution in [0.25, 0.3) is 0 Å². The summed E-state index contributed by atoms with van der Waals surface area (Å²) < 4.78 is 68.3. The SMILES string of the molecule is CCCCCCCCCCCCCC(=O)OC[C@H](COP(=O)(O)OC[C@H](O)COP(=O)(O)OC[C@@H](COC(=O)CCCCCCCCCCCCC(C)C)OC(=O)CCCCCCCCCCCCC(C)C)OC(=O)CCCCCCCCCCC(C)CC. The van der Waals surface area contributed by atoms with Gasteiger partial charge >= 0.3 is 39.5 Å². The van der Waals surface area contributed by atoms with Gasteiger partial charge in [-0.1, -0.05) is 299 Å². The van der Waals surface area contributed by atoms with Gasteiger partial charge in [-0.2, -0.15) is 0 Å². The molecule has 0 saturated heterocycles. The van der Waals surface area contributed by atoms with E-state index in [4.69, 9.17) is 37.0 Å². The Morgan fingerprint density at radius 3 is 0.854 bits per heavy atom. The number of hydrogen-bond acceptors (Lipinski definition) is 15. The molecule has 0 aromatic carbocycles. The Hall–Kier alpha value is -1.94. The molecule has 528 valence electrons. The third kappa shape index (κ3) is 63.2. The highest BCUT2D eigenvalue weighted by atomic mass is 31.2. The van der Waals surface area contributed by atoms with Gasteiger partial charge in [-0.05, 0) is 43.4 Å². The molecule has 0 fully saturated rings. The minimum Gasteiger partial charge on any atom is -0.462 e. The Kier molecular flexibility index (Phi) is 59.6. The summed E-state index contributed by atoms with van der Waals surface area (Å²) in [6.45, 7) is 11.8. The van der Waals surface area contributed by atoms with Crippen LogP contribution in [-0.4, -0.2) is 96.7 Å². The van der Waals surface area contributed by atoms with Crippen molar-refractivity contribution in [3.8, 4) is 0 Å². The number of hydrogen-bond donors (Lipinski definition) is 3. The fourth-order valence-corrected chi connectivity index (χ4v) is 12.1. The maximum absolute atomic E-state index is 13.0. The standard InChI is InChI=1S/C70H136O17P2/c1-8-10-11-12-13-14-15-22-30-37-44-51-67(72)80-58-66(87-70(75)54-47-40-33-26-25-29-36-43-50-63(7)9-2)60-85-89(78,79)83-56-64(71)55-82-88(76,77)84-59-65(86-69(74)53-46-39-32-24-19-17-21-28-35-42-49-62(5)6)57-81-68(73)52-45-38-31-23-18-16-20-27-34-41-48-61(3)4/h61-66,71H,8-60H2,1-7H3,(H,76,77)(H,78,79)/t63?,64-,65-,66-/m1/s1. The van der Waals surface area contributed by atoms with Crippen molar-refractivity contribution >= 4 is 39.5 Å². The third-order valence-electron chi connectivity index (χ3n) is 16.5. The maximum Gasteiger partial charge on any atom is 0.472 e. The van der Waals surface area contributed by atoms with Crippen LogP contribution in [0.4, 0.5) is 0 Å².